The lowest BCUT2D eigenvalue weighted by Gasteiger charge is -2.35. The summed E-state index contributed by atoms with van der Waals surface area (Å²) >= 11 is 0. The number of anilines is 1. The molecule has 0 aliphatic carbocycles. The largest absolute Gasteiger partial charge is 0.433 e. The zero-order valence-electron chi connectivity index (χ0n) is 21.8. The van der Waals surface area contributed by atoms with Crippen LogP contribution in [0, 0.1) is 18.6 Å². The van der Waals surface area contributed by atoms with Crippen molar-refractivity contribution in [3.8, 4) is 0 Å². The van der Waals surface area contributed by atoms with E-state index in [9.17, 15) is 26.7 Å². The number of alkyl halides is 3. The van der Waals surface area contributed by atoms with Gasteiger partial charge in [0.2, 0.25) is 11.9 Å². The Balaban J connectivity index is 1.45. The summed E-state index contributed by atoms with van der Waals surface area (Å²) in [5.41, 5.74) is -0.235. The minimum absolute atomic E-state index is 0.0000276. The predicted molar refractivity (Wildman–Crippen MR) is 134 cm³/mol. The molecule has 4 rings (SSSR count). The van der Waals surface area contributed by atoms with Gasteiger partial charge in [0.1, 0.15) is 23.2 Å². The monoisotopic (exact) mass is 548 g/mol. The van der Waals surface area contributed by atoms with Gasteiger partial charge in [-0.2, -0.15) is 13.2 Å². The Kier molecular flexibility index (Phi) is 8.12. The number of nitrogens with zero attached hydrogens (tertiary/aromatic N) is 5. The van der Waals surface area contributed by atoms with Crippen LogP contribution in [0.1, 0.15) is 60.9 Å². The number of aryl methyl sites for hydroxylation is 1. The van der Waals surface area contributed by atoms with Gasteiger partial charge < -0.3 is 10.2 Å². The Hall–Kier alpha value is -3.70. The number of hydrogen-bond acceptors (Lipinski definition) is 6. The standard InChI is InChI=1S/C27H29F5N6O/c1-16-34-14-19(26(2,3)15-35-25-33-10-7-22(37-25)27(30,31)32)24(36-16)17-8-11-38(12-9-17)23(39)13-18-20(28)5-4-6-21(18)29/h4-7,10,14,17H,8-9,11-13,15H2,1-3H3,(H,33,35,37). The smallest absolute Gasteiger partial charge is 0.353 e. The highest BCUT2D eigenvalue weighted by Gasteiger charge is 2.34. The third kappa shape index (κ3) is 6.66. The maximum atomic E-state index is 14.0. The number of rotatable bonds is 7. The number of carbonyl (C=O) groups excluding carboxylic acids is 1. The van der Waals surface area contributed by atoms with Gasteiger partial charge in [-0.25, -0.2) is 28.7 Å². The second-order valence-corrected chi connectivity index (χ2v) is 10.2. The molecular weight excluding hydrogens is 519 g/mol. The maximum absolute atomic E-state index is 14.0. The predicted octanol–water partition coefficient (Wildman–Crippen LogP) is 5.21. The fraction of sp³-hybridized carbons (Fsp3) is 0.444. The summed E-state index contributed by atoms with van der Waals surface area (Å²) in [7, 11) is 0. The lowest BCUT2D eigenvalue weighted by Crippen LogP contribution is -2.40. The molecule has 0 spiro atoms. The highest BCUT2D eigenvalue weighted by Crippen LogP contribution is 2.35. The van der Waals surface area contributed by atoms with E-state index in [1.54, 1.807) is 18.0 Å². The normalized spacial score (nSPS) is 14.9. The van der Waals surface area contributed by atoms with Gasteiger partial charge in [-0.1, -0.05) is 19.9 Å². The molecule has 0 bridgehead atoms. The molecule has 39 heavy (non-hydrogen) atoms. The number of amides is 1. The Bertz CT molecular complexity index is 1320. The van der Waals surface area contributed by atoms with Gasteiger partial charge in [-0.15, -0.1) is 0 Å². The second-order valence-electron chi connectivity index (χ2n) is 10.2. The van der Waals surface area contributed by atoms with Crippen molar-refractivity contribution in [3.05, 3.63) is 76.6 Å². The maximum Gasteiger partial charge on any atom is 0.433 e. The number of aromatic nitrogens is 4. The van der Waals surface area contributed by atoms with Gasteiger partial charge in [0, 0.05) is 48.9 Å². The summed E-state index contributed by atoms with van der Waals surface area (Å²) in [6.07, 6.45) is -0.958. The highest BCUT2D eigenvalue weighted by molar-refractivity contribution is 5.79. The SMILES string of the molecule is Cc1ncc(C(C)(C)CNc2nccc(C(F)(F)F)n2)c(C2CCN(C(=O)Cc3c(F)cccc3F)CC2)n1. The van der Waals surface area contributed by atoms with Crippen LogP contribution >= 0.6 is 0 Å². The van der Waals surface area contributed by atoms with Crippen molar-refractivity contribution in [3.63, 3.8) is 0 Å². The zero-order valence-corrected chi connectivity index (χ0v) is 21.8. The van der Waals surface area contributed by atoms with Gasteiger partial charge in [-0.3, -0.25) is 4.79 Å². The molecule has 1 aromatic carbocycles. The highest BCUT2D eigenvalue weighted by atomic mass is 19.4. The number of hydrogen-bond donors (Lipinski definition) is 1. The zero-order chi connectivity index (χ0) is 28.4. The number of piperidine rings is 1. The Morgan fingerprint density at radius 3 is 2.36 bits per heavy atom. The lowest BCUT2D eigenvalue weighted by atomic mass is 9.79. The van der Waals surface area contributed by atoms with Crippen LogP contribution < -0.4 is 5.32 Å². The summed E-state index contributed by atoms with van der Waals surface area (Å²) in [6.45, 7) is 6.65. The number of halogens is 5. The van der Waals surface area contributed by atoms with E-state index in [0.717, 1.165) is 35.7 Å². The minimum atomic E-state index is -4.58. The number of benzene rings is 1. The fourth-order valence-electron chi connectivity index (χ4n) is 4.68. The van der Waals surface area contributed by atoms with Gasteiger partial charge in [0.05, 0.1) is 12.1 Å². The summed E-state index contributed by atoms with van der Waals surface area (Å²) in [4.78, 5) is 30.9. The molecule has 1 aliphatic heterocycles. The first-order chi connectivity index (χ1) is 18.3. The van der Waals surface area contributed by atoms with E-state index in [0.29, 0.717) is 31.8 Å². The van der Waals surface area contributed by atoms with Crippen LogP contribution in [-0.2, 0) is 22.8 Å². The average molecular weight is 549 g/mol. The third-order valence-electron chi connectivity index (χ3n) is 6.93. The average Bonchev–Trinajstić information content (AvgIpc) is 2.89. The van der Waals surface area contributed by atoms with E-state index >= 15 is 0 Å². The minimum Gasteiger partial charge on any atom is -0.353 e. The van der Waals surface area contributed by atoms with Crippen molar-refractivity contribution < 1.29 is 26.7 Å². The number of likely N-dealkylation sites (tertiary alicyclic amines) is 1. The van der Waals surface area contributed by atoms with Crippen LogP contribution in [0.2, 0.25) is 0 Å². The van der Waals surface area contributed by atoms with Gasteiger partial charge in [0.25, 0.3) is 0 Å². The Morgan fingerprint density at radius 1 is 1.05 bits per heavy atom. The van der Waals surface area contributed by atoms with Gasteiger partial charge in [0.15, 0.2) is 0 Å². The van der Waals surface area contributed by atoms with Gasteiger partial charge in [-0.05, 0) is 43.5 Å². The Morgan fingerprint density at radius 2 is 1.72 bits per heavy atom. The van der Waals surface area contributed by atoms with Crippen molar-refractivity contribution in [2.75, 3.05) is 25.0 Å². The second kappa shape index (κ2) is 11.2. The molecule has 0 atom stereocenters. The van der Waals surface area contributed by atoms with Crippen LogP contribution in [-0.4, -0.2) is 50.4 Å². The van der Waals surface area contributed by atoms with E-state index in [1.165, 1.54) is 6.07 Å². The molecule has 3 aromatic rings. The van der Waals surface area contributed by atoms with E-state index in [2.05, 4.69) is 20.3 Å². The molecule has 1 saturated heterocycles. The molecule has 1 amide bonds. The van der Waals surface area contributed by atoms with Crippen molar-refractivity contribution in [1.82, 2.24) is 24.8 Å². The van der Waals surface area contributed by atoms with E-state index in [4.69, 9.17) is 4.98 Å². The lowest BCUT2D eigenvalue weighted by molar-refractivity contribution is -0.141. The first kappa shape index (κ1) is 28.3. The molecule has 3 heterocycles. The van der Waals surface area contributed by atoms with Crippen LogP contribution in [0.3, 0.4) is 0 Å². The molecule has 0 radical (unpaired) electrons. The molecule has 0 unspecified atom stereocenters. The Labute approximate surface area is 222 Å². The van der Waals surface area contributed by atoms with Crippen LogP contribution in [0.25, 0.3) is 0 Å². The van der Waals surface area contributed by atoms with Crippen molar-refractivity contribution in [2.24, 2.45) is 0 Å². The topological polar surface area (TPSA) is 83.9 Å². The van der Waals surface area contributed by atoms with Crippen molar-refractivity contribution in [1.29, 1.82) is 0 Å². The molecule has 7 nitrogen and oxygen atoms in total. The molecule has 208 valence electrons. The van der Waals surface area contributed by atoms with Gasteiger partial charge >= 0.3 is 6.18 Å². The quantitative estimate of drug-likeness (QED) is 0.408. The third-order valence-corrected chi connectivity index (χ3v) is 6.93. The summed E-state index contributed by atoms with van der Waals surface area (Å²) in [5, 5.41) is 2.90. The molecule has 1 N–H and O–H groups in total. The molecule has 0 saturated carbocycles. The van der Waals surface area contributed by atoms with Crippen LogP contribution in [0.15, 0.2) is 36.7 Å². The summed E-state index contributed by atoms with van der Waals surface area (Å²) in [5.74, 6) is -1.39. The van der Waals surface area contributed by atoms with E-state index in [1.807, 2.05) is 13.8 Å². The molecule has 1 fully saturated rings. The summed E-state index contributed by atoms with van der Waals surface area (Å²) < 4.78 is 67.1. The molecule has 1 aliphatic rings. The molecule has 2 aromatic heterocycles. The summed E-state index contributed by atoms with van der Waals surface area (Å²) in [6, 6.07) is 4.33. The fourth-order valence-corrected chi connectivity index (χ4v) is 4.68. The van der Waals surface area contributed by atoms with E-state index in [-0.39, 0.29) is 36.3 Å². The van der Waals surface area contributed by atoms with Crippen molar-refractivity contribution >= 4 is 11.9 Å². The first-order valence-corrected chi connectivity index (χ1v) is 12.5. The van der Waals surface area contributed by atoms with Crippen LogP contribution in [0.4, 0.5) is 27.9 Å². The van der Waals surface area contributed by atoms with Crippen LogP contribution in [0.5, 0.6) is 0 Å². The molecule has 12 heteroatoms. The molecular formula is C27H29F5N6O. The number of carbonyl (C=O) groups is 1. The first-order valence-electron chi connectivity index (χ1n) is 12.5. The van der Waals surface area contributed by atoms with Crippen molar-refractivity contribution in [2.45, 2.75) is 57.5 Å². The van der Waals surface area contributed by atoms with E-state index < -0.39 is 28.9 Å². The number of nitrogens with one attached hydrogen (secondary N) is 1.